The Kier molecular flexibility index (Phi) is 6.00. The van der Waals surface area contributed by atoms with Gasteiger partial charge >= 0.3 is 11.8 Å². The van der Waals surface area contributed by atoms with Crippen molar-refractivity contribution in [3.63, 3.8) is 0 Å². The Hall–Kier alpha value is -1.73. The molecule has 0 saturated carbocycles. The van der Waals surface area contributed by atoms with E-state index in [4.69, 9.17) is 0 Å². The maximum Gasteiger partial charge on any atom is 0.329 e. The van der Waals surface area contributed by atoms with E-state index in [1.165, 1.54) is 6.21 Å². The molecule has 1 aliphatic heterocycles. The molecule has 0 bridgehead atoms. The number of nitrogens with zero attached hydrogens (tertiary/aromatic N) is 1. The van der Waals surface area contributed by atoms with Gasteiger partial charge in [-0.25, -0.2) is 5.43 Å². The van der Waals surface area contributed by atoms with Crippen molar-refractivity contribution in [3.05, 3.63) is 34.3 Å². The highest BCUT2D eigenvalue weighted by atomic mass is 79.9. The number of piperidine rings is 1. The Labute approximate surface area is 157 Å². The molecule has 0 unspecified atom stereocenters. The molecular formula is C18H26BrN4O2+. The fraction of sp³-hybridized carbons (Fsp3) is 0.500. The number of hydrogen-bond acceptors (Lipinski definition) is 3. The van der Waals surface area contributed by atoms with Crippen LogP contribution >= 0.6 is 15.9 Å². The van der Waals surface area contributed by atoms with Gasteiger partial charge in [0.2, 0.25) is 0 Å². The van der Waals surface area contributed by atoms with Crippen molar-refractivity contribution in [3.8, 4) is 0 Å². The predicted octanol–water partition coefficient (Wildman–Crippen LogP) is 1.30. The van der Waals surface area contributed by atoms with Crippen molar-refractivity contribution >= 4 is 34.0 Å². The van der Waals surface area contributed by atoms with Gasteiger partial charge in [-0.15, -0.1) is 0 Å². The first-order valence-corrected chi connectivity index (χ1v) is 9.12. The van der Waals surface area contributed by atoms with E-state index in [0.29, 0.717) is 0 Å². The van der Waals surface area contributed by atoms with Crippen LogP contribution in [0.2, 0.25) is 0 Å². The van der Waals surface area contributed by atoms with Gasteiger partial charge in [0.25, 0.3) is 0 Å². The molecule has 0 aromatic heterocycles. The van der Waals surface area contributed by atoms with Gasteiger partial charge < -0.3 is 10.6 Å². The van der Waals surface area contributed by atoms with Crippen LogP contribution < -0.4 is 16.1 Å². The number of hydrazone groups is 1. The predicted molar refractivity (Wildman–Crippen MR) is 101 cm³/mol. The zero-order valence-electron chi connectivity index (χ0n) is 15.1. The minimum Gasteiger partial charge on any atom is -0.345 e. The molecule has 25 heavy (non-hydrogen) atoms. The first kappa shape index (κ1) is 19.6. The molecule has 1 fully saturated rings. The Balaban J connectivity index is 1.87. The van der Waals surface area contributed by atoms with E-state index in [1.807, 2.05) is 24.3 Å². The number of quaternary nitrogens is 1. The fourth-order valence-corrected chi connectivity index (χ4v) is 3.90. The average molecular weight is 410 g/mol. The van der Waals surface area contributed by atoms with E-state index in [2.05, 4.69) is 64.8 Å². The average Bonchev–Trinajstić information content (AvgIpc) is 2.45. The number of benzene rings is 1. The standard InChI is InChI=1S/C18H25BrN4O2/c1-17(2)9-14(10-18(3,4)23-17)21-15(24)16(25)22-20-11-12-5-7-13(19)8-6-12/h5-8,11,14,23H,9-10H2,1-4H3,(H,21,24)(H,22,25)/p+1. The van der Waals surface area contributed by atoms with Crippen LogP contribution in [-0.4, -0.2) is 35.1 Å². The SMILES string of the molecule is CC1(C)CC(NC(=O)C(=O)NN=Cc2ccc(Br)cc2)CC(C)(C)[NH2+]1. The second kappa shape index (κ2) is 7.66. The van der Waals surface area contributed by atoms with E-state index >= 15 is 0 Å². The first-order valence-electron chi connectivity index (χ1n) is 8.33. The number of hydrogen-bond donors (Lipinski definition) is 3. The Morgan fingerprint density at radius 1 is 1.12 bits per heavy atom. The molecule has 2 amide bonds. The van der Waals surface area contributed by atoms with Crippen LogP contribution in [0.3, 0.4) is 0 Å². The maximum absolute atomic E-state index is 12.1. The topological polar surface area (TPSA) is 87.2 Å². The van der Waals surface area contributed by atoms with Crippen LogP contribution in [0, 0.1) is 0 Å². The third-order valence-electron chi connectivity index (χ3n) is 4.12. The zero-order chi connectivity index (χ0) is 18.7. The van der Waals surface area contributed by atoms with Gasteiger partial charge in [0.05, 0.1) is 17.3 Å². The van der Waals surface area contributed by atoms with Gasteiger partial charge in [0.15, 0.2) is 0 Å². The normalized spacial score (nSPS) is 19.6. The summed E-state index contributed by atoms with van der Waals surface area (Å²) in [6.07, 6.45) is 3.13. The van der Waals surface area contributed by atoms with Crippen molar-refractivity contribution in [2.24, 2.45) is 5.10 Å². The molecule has 0 aliphatic carbocycles. The fourth-order valence-electron chi connectivity index (χ4n) is 3.64. The van der Waals surface area contributed by atoms with Crippen LogP contribution in [0.4, 0.5) is 0 Å². The molecule has 2 rings (SSSR count). The van der Waals surface area contributed by atoms with E-state index < -0.39 is 11.8 Å². The summed E-state index contributed by atoms with van der Waals surface area (Å²) in [7, 11) is 0. The number of nitrogens with one attached hydrogen (secondary N) is 2. The van der Waals surface area contributed by atoms with Gasteiger partial charge in [-0.2, -0.15) is 5.10 Å². The third-order valence-corrected chi connectivity index (χ3v) is 4.65. The first-order chi connectivity index (χ1) is 11.6. The van der Waals surface area contributed by atoms with Crippen LogP contribution in [0.1, 0.15) is 46.1 Å². The number of nitrogens with two attached hydrogens (primary N) is 1. The van der Waals surface area contributed by atoms with Gasteiger partial charge in [-0.05, 0) is 45.4 Å². The lowest BCUT2D eigenvalue weighted by atomic mass is 9.79. The van der Waals surface area contributed by atoms with E-state index in [1.54, 1.807) is 0 Å². The summed E-state index contributed by atoms with van der Waals surface area (Å²) < 4.78 is 0.962. The second-order valence-corrected chi connectivity index (χ2v) is 8.87. The smallest absolute Gasteiger partial charge is 0.329 e. The minimum atomic E-state index is -0.751. The molecule has 6 nitrogen and oxygen atoms in total. The lowest BCUT2D eigenvalue weighted by Gasteiger charge is -2.43. The molecule has 4 N–H and O–H groups in total. The summed E-state index contributed by atoms with van der Waals surface area (Å²) in [5, 5.41) is 9.00. The van der Waals surface area contributed by atoms with E-state index in [0.717, 1.165) is 22.9 Å². The molecule has 1 aromatic rings. The van der Waals surface area contributed by atoms with Gasteiger partial charge in [0.1, 0.15) is 0 Å². The highest BCUT2D eigenvalue weighted by molar-refractivity contribution is 9.10. The molecule has 1 heterocycles. The number of carbonyl (C=O) groups is 2. The molecule has 0 atom stereocenters. The Morgan fingerprint density at radius 2 is 1.68 bits per heavy atom. The van der Waals surface area contributed by atoms with Crippen molar-refractivity contribution in [2.45, 2.75) is 57.7 Å². The van der Waals surface area contributed by atoms with Crippen molar-refractivity contribution in [2.75, 3.05) is 0 Å². The molecule has 0 radical (unpaired) electrons. The van der Waals surface area contributed by atoms with Gasteiger partial charge in [-0.3, -0.25) is 9.59 Å². The molecule has 1 saturated heterocycles. The third kappa shape index (κ3) is 6.25. The number of halogens is 1. The summed E-state index contributed by atoms with van der Waals surface area (Å²) in [6, 6.07) is 7.42. The Morgan fingerprint density at radius 3 is 2.24 bits per heavy atom. The van der Waals surface area contributed by atoms with Crippen molar-refractivity contribution in [1.29, 1.82) is 0 Å². The summed E-state index contributed by atoms with van der Waals surface area (Å²) in [4.78, 5) is 24.0. The van der Waals surface area contributed by atoms with E-state index in [-0.39, 0.29) is 17.1 Å². The zero-order valence-corrected chi connectivity index (χ0v) is 16.7. The molecule has 1 aliphatic rings. The molecule has 1 aromatic carbocycles. The quantitative estimate of drug-likeness (QED) is 0.399. The lowest BCUT2D eigenvalue weighted by Crippen LogP contribution is -3.06. The van der Waals surface area contributed by atoms with Gasteiger partial charge in [-0.1, -0.05) is 28.1 Å². The largest absolute Gasteiger partial charge is 0.345 e. The van der Waals surface area contributed by atoms with Crippen LogP contribution in [0.25, 0.3) is 0 Å². The number of carbonyl (C=O) groups excluding carboxylic acids is 2. The van der Waals surface area contributed by atoms with Gasteiger partial charge in [0, 0.05) is 23.4 Å². The summed E-state index contributed by atoms with van der Waals surface area (Å²) >= 11 is 3.35. The number of amides is 2. The second-order valence-electron chi connectivity index (χ2n) is 7.95. The van der Waals surface area contributed by atoms with Crippen LogP contribution in [0.5, 0.6) is 0 Å². The lowest BCUT2D eigenvalue weighted by molar-refractivity contribution is -0.787. The Bertz CT molecular complexity index is 652. The summed E-state index contributed by atoms with van der Waals surface area (Å²) in [6.45, 7) is 8.59. The monoisotopic (exact) mass is 409 g/mol. The molecule has 7 heteroatoms. The number of rotatable bonds is 3. The maximum atomic E-state index is 12.1. The van der Waals surface area contributed by atoms with E-state index in [9.17, 15) is 9.59 Å². The van der Waals surface area contributed by atoms with Crippen molar-refractivity contribution in [1.82, 2.24) is 10.7 Å². The molecular weight excluding hydrogens is 384 g/mol. The van der Waals surface area contributed by atoms with Crippen LogP contribution in [0.15, 0.2) is 33.8 Å². The molecule has 136 valence electrons. The minimum absolute atomic E-state index is 0.0237. The van der Waals surface area contributed by atoms with Crippen LogP contribution in [-0.2, 0) is 9.59 Å². The summed E-state index contributed by atoms with van der Waals surface area (Å²) in [5.74, 6) is -1.40. The highest BCUT2D eigenvalue weighted by Crippen LogP contribution is 2.21. The highest BCUT2D eigenvalue weighted by Gasteiger charge is 2.42. The van der Waals surface area contributed by atoms with Crippen molar-refractivity contribution < 1.29 is 14.9 Å². The summed E-state index contributed by atoms with van der Waals surface area (Å²) in [5.41, 5.74) is 3.15. The molecule has 0 spiro atoms.